The number of hydrogen-bond donors (Lipinski definition) is 1. The Morgan fingerprint density at radius 1 is 1.39 bits per heavy atom. The number of rotatable bonds is 8. The zero-order valence-corrected chi connectivity index (χ0v) is 12.1. The molecule has 0 saturated carbocycles. The Morgan fingerprint density at radius 2 is 2.04 bits per heavy atom. The molecule has 3 N–H and O–H groups in total. The molecule has 0 spiro atoms. The molecular weight excluding hydrogens is 306 g/mol. The number of ketones is 1. The maximum Gasteiger partial charge on any atom is 0.344 e. The van der Waals surface area contributed by atoms with Crippen molar-refractivity contribution < 1.29 is 29.7 Å². The molecule has 9 nitrogen and oxygen atoms in total. The molecule has 0 radical (unpaired) electrons. The molecule has 1 rings (SSSR count). The first-order valence-electron chi connectivity index (χ1n) is 6.31. The average Bonchev–Trinajstić information content (AvgIpc) is 2.51. The van der Waals surface area contributed by atoms with Crippen LogP contribution in [0.25, 0.3) is 0 Å². The molecule has 0 aromatic heterocycles. The Kier molecular flexibility index (Phi) is 6.39. The van der Waals surface area contributed by atoms with Crippen molar-refractivity contribution in [2.45, 2.75) is 0 Å². The molecule has 0 aliphatic heterocycles. The summed E-state index contributed by atoms with van der Waals surface area (Å²) < 4.78 is 9.66. The van der Waals surface area contributed by atoms with Crippen LogP contribution >= 0.6 is 0 Å². The second-order valence-electron chi connectivity index (χ2n) is 4.36. The van der Waals surface area contributed by atoms with Gasteiger partial charge in [-0.3, -0.25) is 14.9 Å². The average molecular weight is 320 g/mol. The smallest absolute Gasteiger partial charge is 0.344 e. The fraction of sp³-hybridized carbons (Fsp3) is 0.214. The van der Waals surface area contributed by atoms with Gasteiger partial charge in [0.25, 0.3) is 0 Å². The SMILES string of the molecule is C=C([NH3+])[C@H](C#N)C(=O)COC(=O)COc1ccccc1[N+](=O)[O-]. The van der Waals surface area contributed by atoms with Gasteiger partial charge in [-0.05, 0) is 12.6 Å². The van der Waals surface area contributed by atoms with Crippen LogP contribution in [0.5, 0.6) is 5.75 Å². The predicted molar refractivity (Wildman–Crippen MR) is 75.7 cm³/mol. The van der Waals surface area contributed by atoms with Crippen LogP contribution in [0.2, 0.25) is 0 Å². The topological polar surface area (TPSA) is 147 Å². The summed E-state index contributed by atoms with van der Waals surface area (Å²) in [5, 5.41) is 19.5. The molecular formula is C14H14N3O6+. The predicted octanol–water partition coefficient (Wildman–Crippen LogP) is -0.0187. The molecule has 0 amide bonds. The number of esters is 1. The number of nitro groups is 1. The highest BCUT2D eigenvalue weighted by atomic mass is 16.6. The molecule has 1 aromatic rings. The normalized spacial score (nSPS) is 11.0. The number of allylic oxidation sites excluding steroid dienone is 1. The molecule has 1 atom stereocenters. The second kappa shape index (κ2) is 8.26. The van der Waals surface area contributed by atoms with Gasteiger partial charge in [-0.1, -0.05) is 12.1 Å². The first kappa shape index (κ1) is 17.8. The first-order chi connectivity index (χ1) is 10.9. The molecule has 0 aliphatic rings. The van der Waals surface area contributed by atoms with Crippen LogP contribution in [0, 0.1) is 27.4 Å². The van der Waals surface area contributed by atoms with E-state index in [9.17, 15) is 19.7 Å². The second-order valence-corrected chi connectivity index (χ2v) is 4.36. The van der Waals surface area contributed by atoms with Crippen LogP contribution in [0.15, 0.2) is 36.5 Å². The highest BCUT2D eigenvalue weighted by Gasteiger charge is 2.23. The Bertz CT molecular complexity index is 679. The van der Waals surface area contributed by atoms with E-state index < -0.39 is 35.8 Å². The van der Waals surface area contributed by atoms with E-state index >= 15 is 0 Å². The van der Waals surface area contributed by atoms with E-state index in [4.69, 9.17) is 10.00 Å². The maximum atomic E-state index is 11.6. The van der Waals surface area contributed by atoms with E-state index in [0.29, 0.717) is 0 Å². The Balaban J connectivity index is 2.53. The quantitative estimate of drug-likeness (QED) is 0.402. The van der Waals surface area contributed by atoms with Gasteiger partial charge in [-0.2, -0.15) is 5.26 Å². The van der Waals surface area contributed by atoms with Gasteiger partial charge in [0.05, 0.1) is 11.0 Å². The number of carbonyl (C=O) groups excluding carboxylic acids is 2. The summed E-state index contributed by atoms with van der Waals surface area (Å²) in [4.78, 5) is 33.2. The highest BCUT2D eigenvalue weighted by molar-refractivity contribution is 5.88. The van der Waals surface area contributed by atoms with Crippen LogP contribution in [0.3, 0.4) is 0 Å². The van der Waals surface area contributed by atoms with Gasteiger partial charge >= 0.3 is 11.7 Å². The fourth-order valence-corrected chi connectivity index (χ4v) is 1.53. The number of ether oxygens (including phenoxy) is 2. The minimum Gasteiger partial charge on any atom is -0.475 e. The number of para-hydroxylation sites is 2. The molecule has 0 bridgehead atoms. The van der Waals surface area contributed by atoms with Crippen molar-refractivity contribution in [1.29, 1.82) is 5.26 Å². The summed E-state index contributed by atoms with van der Waals surface area (Å²) >= 11 is 0. The van der Waals surface area contributed by atoms with Gasteiger partial charge in [0, 0.05) is 6.07 Å². The number of Topliss-reactive ketones (excluding diaryl/α,β-unsaturated/α-hetero) is 1. The highest BCUT2D eigenvalue weighted by Crippen LogP contribution is 2.25. The van der Waals surface area contributed by atoms with E-state index in [2.05, 4.69) is 17.0 Å². The number of nitriles is 1. The van der Waals surface area contributed by atoms with Crippen LogP contribution in [0.1, 0.15) is 0 Å². The summed E-state index contributed by atoms with van der Waals surface area (Å²) in [6.45, 7) is 2.15. The third-order valence-electron chi connectivity index (χ3n) is 2.64. The summed E-state index contributed by atoms with van der Waals surface area (Å²) in [5.41, 5.74) is 3.20. The number of hydrogen-bond acceptors (Lipinski definition) is 7. The number of benzene rings is 1. The molecule has 9 heteroatoms. The number of nitrogens with zero attached hydrogens (tertiary/aromatic N) is 2. The Hall–Kier alpha value is -3.25. The van der Waals surface area contributed by atoms with Crippen LogP contribution < -0.4 is 10.5 Å². The van der Waals surface area contributed by atoms with Gasteiger partial charge in [-0.15, -0.1) is 0 Å². The molecule has 1 aromatic carbocycles. The maximum absolute atomic E-state index is 11.6. The summed E-state index contributed by atoms with van der Waals surface area (Å²) in [6.07, 6.45) is 0. The summed E-state index contributed by atoms with van der Waals surface area (Å²) in [7, 11) is 0. The van der Waals surface area contributed by atoms with Gasteiger partial charge in [0.15, 0.2) is 30.7 Å². The lowest BCUT2D eigenvalue weighted by atomic mass is 10.0. The Morgan fingerprint density at radius 3 is 2.61 bits per heavy atom. The monoisotopic (exact) mass is 320 g/mol. The molecule has 120 valence electrons. The van der Waals surface area contributed by atoms with E-state index in [1.165, 1.54) is 24.3 Å². The Labute approximate surface area is 131 Å². The van der Waals surface area contributed by atoms with Crippen molar-refractivity contribution in [2.75, 3.05) is 13.2 Å². The van der Waals surface area contributed by atoms with Crippen molar-refractivity contribution in [3.8, 4) is 11.8 Å². The minimum atomic E-state index is -1.15. The fourth-order valence-electron chi connectivity index (χ4n) is 1.53. The summed E-state index contributed by atoms with van der Waals surface area (Å²) in [6, 6.07) is 7.21. The zero-order chi connectivity index (χ0) is 17.4. The van der Waals surface area contributed by atoms with E-state index in [1.54, 1.807) is 6.07 Å². The van der Waals surface area contributed by atoms with E-state index in [1.807, 2.05) is 0 Å². The first-order valence-corrected chi connectivity index (χ1v) is 6.31. The van der Waals surface area contributed by atoms with Crippen molar-refractivity contribution in [1.82, 2.24) is 0 Å². The standard InChI is InChI=1S/C14H13N3O6/c1-9(16)10(6-15)12(18)7-23-14(19)8-22-13-5-3-2-4-11(13)17(20)21/h2-5,10H,1,7-8,16H2/p+1/t10-/m0/s1. The lowest BCUT2D eigenvalue weighted by Gasteiger charge is -2.08. The lowest BCUT2D eigenvalue weighted by Crippen LogP contribution is -2.51. The van der Waals surface area contributed by atoms with Crippen molar-refractivity contribution in [3.05, 3.63) is 46.7 Å². The van der Waals surface area contributed by atoms with Gasteiger partial charge in [0.1, 0.15) is 5.70 Å². The number of nitro benzene ring substituents is 1. The molecule has 23 heavy (non-hydrogen) atoms. The van der Waals surface area contributed by atoms with Crippen molar-refractivity contribution >= 4 is 17.4 Å². The van der Waals surface area contributed by atoms with Crippen LogP contribution in [-0.4, -0.2) is 29.9 Å². The third kappa shape index (κ3) is 5.22. The molecule has 0 aliphatic carbocycles. The van der Waals surface area contributed by atoms with E-state index in [0.717, 1.165) is 0 Å². The minimum absolute atomic E-state index is 0.0955. The molecule has 0 unspecified atom stereocenters. The van der Waals surface area contributed by atoms with E-state index in [-0.39, 0.29) is 17.1 Å². The number of carbonyl (C=O) groups is 2. The number of quaternary nitrogens is 1. The van der Waals surface area contributed by atoms with Crippen LogP contribution in [-0.2, 0) is 14.3 Å². The van der Waals surface area contributed by atoms with Crippen molar-refractivity contribution in [2.24, 2.45) is 5.92 Å². The molecule has 0 fully saturated rings. The summed E-state index contributed by atoms with van der Waals surface area (Å²) in [5.74, 6) is -2.81. The molecule has 0 saturated heterocycles. The third-order valence-corrected chi connectivity index (χ3v) is 2.64. The van der Waals surface area contributed by atoms with Crippen LogP contribution in [0.4, 0.5) is 5.69 Å². The lowest BCUT2D eigenvalue weighted by molar-refractivity contribution is -0.385. The van der Waals surface area contributed by atoms with Gasteiger partial charge in [0.2, 0.25) is 0 Å². The molecule has 0 heterocycles. The largest absolute Gasteiger partial charge is 0.475 e. The van der Waals surface area contributed by atoms with Crippen molar-refractivity contribution in [3.63, 3.8) is 0 Å². The van der Waals surface area contributed by atoms with Gasteiger partial charge < -0.3 is 15.2 Å². The van der Waals surface area contributed by atoms with Gasteiger partial charge in [-0.25, -0.2) is 4.79 Å². The zero-order valence-electron chi connectivity index (χ0n) is 12.1.